The number of β-amino-alcohol motifs (C(OH)–C–C–N with tert-alkyl or cyclic N) is 2. The van der Waals surface area contributed by atoms with Crippen molar-refractivity contribution in [3.63, 3.8) is 0 Å². The molecule has 10 nitrogen and oxygen atoms in total. The number of amides is 1. The Kier molecular flexibility index (Phi) is 7.82. The minimum atomic E-state index is -1.02. The number of rotatable bonds is 7. The molecule has 42 heavy (non-hydrogen) atoms. The number of carbonyl (C=O) groups excluding carboxylic acids is 1. The minimum absolute atomic E-state index is 0.0164. The molecule has 2 aliphatic rings. The number of aliphatic hydroxyl groups excluding tert-OH is 2. The largest absolute Gasteiger partial charge is 0.388 e. The second-order valence-corrected chi connectivity index (χ2v) is 11.1. The van der Waals surface area contributed by atoms with E-state index in [9.17, 15) is 15.0 Å². The van der Waals surface area contributed by atoms with Crippen molar-refractivity contribution in [1.29, 1.82) is 0 Å². The number of aromatic nitrogens is 5. The highest BCUT2D eigenvalue weighted by Gasteiger charge is 2.33. The zero-order chi connectivity index (χ0) is 29.4. The van der Waals surface area contributed by atoms with Gasteiger partial charge >= 0.3 is 0 Å². The number of fused-ring (bicyclic) bond motifs is 1. The smallest absolute Gasteiger partial charge is 0.254 e. The molecule has 3 aromatic heterocycles. The van der Waals surface area contributed by atoms with Crippen LogP contribution in [0.1, 0.15) is 59.4 Å². The summed E-state index contributed by atoms with van der Waals surface area (Å²) < 4.78 is 32.4. The Morgan fingerprint density at radius 3 is 2.38 bits per heavy atom. The fourth-order valence-electron chi connectivity index (χ4n) is 5.91. The van der Waals surface area contributed by atoms with Gasteiger partial charge in [-0.25, -0.2) is 28.7 Å². The molecule has 2 N–H and O–H groups in total. The van der Waals surface area contributed by atoms with Crippen LogP contribution < -0.4 is 4.90 Å². The maximum atomic E-state index is 15.4. The van der Waals surface area contributed by atoms with E-state index in [2.05, 4.69) is 31.8 Å². The topological polar surface area (TPSA) is 121 Å². The van der Waals surface area contributed by atoms with Crippen molar-refractivity contribution >= 4 is 22.9 Å². The molecular formula is C30H33F2N7O3. The van der Waals surface area contributed by atoms with E-state index in [1.165, 1.54) is 29.6 Å². The van der Waals surface area contributed by atoms with Gasteiger partial charge in [-0.3, -0.25) is 4.79 Å². The number of piperidine rings is 1. The van der Waals surface area contributed by atoms with Crippen molar-refractivity contribution in [2.75, 3.05) is 31.1 Å². The molecule has 0 bridgehead atoms. The van der Waals surface area contributed by atoms with E-state index in [0.717, 1.165) is 50.4 Å². The summed E-state index contributed by atoms with van der Waals surface area (Å²) in [6, 6.07) is 4.14. The number of anilines is 1. The molecule has 0 spiro atoms. The molecule has 2 saturated heterocycles. The number of halogens is 2. The predicted molar refractivity (Wildman–Crippen MR) is 151 cm³/mol. The fraction of sp³-hybridized carbons (Fsp3) is 0.433. The molecular weight excluding hydrogens is 544 g/mol. The minimum Gasteiger partial charge on any atom is -0.388 e. The van der Waals surface area contributed by atoms with Crippen molar-refractivity contribution in [1.82, 2.24) is 29.4 Å². The van der Waals surface area contributed by atoms with Gasteiger partial charge in [0.1, 0.15) is 17.8 Å². The molecule has 5 heterocycles. The fourth-order valence-corrected chi connectivity index (χ4v) is 5.91. The number of aryl methyl sites for hydroxylation is 1. The summed E-state index contributed by atoms with van der Waals surface area (Å²) in [5, 5.41) is 19.7. The first-order chi connectivity index (χ1) is 20.3. The molecule has 6 rings (SSSR count). The Labute approximate surface area is 241 Å². The Balaban J connectivity index is 1.17. The molecule has 0 unspecified atom stereocenters. The van der Waals surface area contributed by atoms with E-state index in [4.69, 9.17) is 0 Å². The van der Waals surface area contributed by atoms with E-state index >= 15 is 8.78 Å². The molecule has 0 radical (unpaired) electrons. The summed E-state index contributed by atoms with van der Waals surface area (Å²) in [6.45, 7) is 3.54. The highest BCUT2D eigenvalue weighted by Crippen LogP contribution is 2.31. The first kappa shape index (κ1) is 28.1. The van der Waals surface area contributed by atoms with Gasteiger partial charge < -0.3 is 24.6 Å². The van der Waals surface area contributed by atoms with Gasteiger partial charge in [0.05, 0.1) is 23.3 Å². The first-order valence-corrected chi connectivity index (χ1v) is 14.3. The molecule has 0 saturated carbocycles. The predicted octanol–water partition coefficient (Wildman–Crippen LogP) is 3.06. The molecule has 4 aromatic rings. The lowest BCUT2D eigenvalue weighted by Crippen LogP contribution is -2.35. The normalized spacial score (nSPS) is 19.6. The van der Waals surface area contributed by atoms with Gasteiger partial charge in [0.25, 0.3) is 5.91 Å². The number of aliphatic hydroxyl groups is 2. The lowest BCUT2D eigenvalue weighted by atomic mass is 10.0. The number of benzene rings is 1. The lowest BCUT2D eigenvalue weighted by Gasteiger charge is -2.32. The van der Waals surface area contributed by atoms with Gasteiger partial charge in [-0.2, -0.15) is 0 Å². The molecule has 2 fully saturated rings. The Morgan fingerprint density at radius 2 is 1.71 bits per heavy atom. The van der Waals surface area contributed by atoms with Gasteiger partial charge in [0.15, 0.2) is 5.82 Å². The van der Waals surface area contributed by atoms with Gasteiger partial charge in [0.2, 0.25) is 5.95 Å². The van der Waals surface area contributed by atoms with Crippen LogP contribution in [0, 0.1) is 11.6 Å². The summed E-state index contributed by atoms with van der Waals surface area (Å²) in [4.78, 5) is 33.9. The van der Waals surface area contributed by atoms with Crippen molar-refractivity contribution < 1.29 is 23.8 Å². The number of hydrogen-bond acceptors (Lipinski definition) is 8. The van der Waals surface area contributed by atoms with E-state index < -0.39 is 29.7 Å². The third-order valence-corrected chi connectivity index (χ3v) is 8.22. The van der Waals surface area contributed by atoms with Crippen LogP contribution >= 0.6 is 0 Å². The maximum absolute atomic E-state index is 15.4. The van der Waals surface area contributed by atoms with Crippen molar-refractivity contribution in [2.24, 2.45) is 0 Å². The molecule has 12 heteroatoms. The van der Waals surface area contributed by atoms with Crippen LogP contribution in [0.25, 0.3) is 11.0 Å². The van der Waals surface area contributed by atoms with Crippen LogP contribution in [0.4, 0.5) is 14.7 Å². The summed E-state index contributed by atoms with van der Waals surface area (Å²) in [5.74, 6) is -0.858. The summed E-state index contributed by atoms with van der Waals surface area (Å²) >= 11 is 0. The Bertz CT molecular complexity index is 1580. The van der Waals surface area contributed by atoms with Gasteiger partial charge in [-0.05, 0) is 42.5 Å². The SMILES string of the molecule is CCCc1cnc(N2CCC(n3cc(F)c4c(Cc5ccc(C(=O)N6C[C@H](O)[C@@H](O)C6)cc5F)ncnc43)CC2)nc1. The monoisotopic (exact) mass is 577 g/mol. The van der Waals surface area contributed by atoms with E-state index in [1.807, 2.05) is 17.0 Å². The maximum Gasteiger partial charge on any atom is 0.254 e. The average Bonchev–Trinajstić information content (AvgIpc) is 3.53. The highest BCUT2D eigenvalue weighted by molar-refractivity contribution is 5.94. The number of hydrogen-bond donors (Lipinski definition) is 2. The van der Waals surface area contributed by atoms with Crippen molar-refractivity contribution in [3.05, 3.63) is 77.1 Å². The highest BCUT2D eigenvalue weighted by atomic mass is 19.1. The molecule has 2 aliphatic heterocycles. The number of carbonyl (C=O) groups is 1. The van der Waals surface area contributed by atoms with Crippen LogP contribution in [0.5, 0.6) is 0 Å². The summed E-state index contributed by atoms with van der Waals surface area (Å²) in [5.41, 5.74) is 2.32. The summed E-state index contributed by atoms with van der Waals surface area (Å²) in [6.07, 6.45) is 8.07. The van der Waals surface area contributed by atoms with Crippen molar-refractivity contribution in [3.8, 4) is 0 Å². The zero-order valence-electron chi connectivity index (χ0n) is 23.3. The average molecular weight is 578 g/mol. The molecule has 1 aromatic carbocycles. The second-order valence-electron chi connectivity index (χ2n) is 11.1. The van der Waals surface area contributed by atoms with Gasteiger partial charge in [0, 0.05) is 62.8 Å². The zero-order valence-corrected chi connectivity index (χ0v) is 23.3. The molecule has 2 atom stereocenters. The molecule has 0 aliphatic carbocycles. The van der Waals surface area contributed by atoms with Crippen LogP contribution in [0.15, 0.2) is 43.1 Å². The van der Waals surface area contributed by atoms with Crippen LogP contribution in [-0.4, -0.2) is 83.9 Å². The third kappa shape index (κ3) is 5.43. The number of nitrogens with zero attached hydrogens (tertiary/aromatic N) is 7. The molecule has 1 amide bonds. The summed E-state index contributed by atoms with van der Waals surface area (Å²) in [7, 11) is 0. The second kappa shape index (κ2) is 11.7. The Hall–Kier alpha value is -4.03. The van der Waals surface area contributed by atoms with Crippen LogP contribution in [0.3, 0.4) is 0 Å². The van der Waals surface area contributed by atoms with Crippen LogP contribution in [-0.2, 0) is 12.8 Å². The number of likely N-dealkylation sites (tertiary alicyclic amines) is 1. The van der Waals surface area contributed by atoms with Gasteiger partial charge in [-0.1, -0.05) is 19.4 Å². The van der Waals surface area contributed by atoms with E-state index in [-0.39, 0.29) is 42.1 Å². The lowest BCUT2D eigenvalue weighted by molar-refractivity contribution is 0.0572. The standard InChI is InChI=1S/C30H33F2N7O3/c1-2-3-18-12-33-30(34-13-18)37-8-6-21(7-9-37)39-14-23(32)27-24(35-17-36-28(27)39)11-19-4-5-20(10-22(19)31)29(42)38-15-25(40)26(41)16-38/h4-5,10,12-14,17,21,25-26,40-41H,2-3,6-9,11,15-16H2,1H3/t25-,26-/m0/s1. The molecule has 220 valence electrons. The Morgan fingerprint density at radius 1 is 1.00 bits per heavy atom. The van der Waals surface area contributed by atoms with Crippen molar-refractivity contribution in [2.45, 2.75) is 57.3 Å². The van der Waals surface area contributed by atoms with Crippen LogP contribution in [0.2, 0.25) is 0 Å². The van der Waals surface area contributed by atoms with E-state index in [0.29, 0.717) is 17.3 Å². The third-order valence-electron chi connectivity index (χ3n) is 8.22. The van der Waals surface area contributed by atoms with Gasteiger partial charge in [-0.15, -0.1) is 0 Å². The quantitative estimate of drug-likeness (QED) is 0.344. The first-order valence-electron chi connectivity index (χ1n) is 14.3. The van der Waals surface area contributed by atoms with E-state index in [1.54, 1.807) is 0 Å².